The van der Waals surface area contributed by atoms with Crippen LogP contribution in [0.1, 0.15) is 11.4 Å². The third-order valence-corrected chi connectivity index (χ3v) is 5.17. The lowest BCUT2D eigenvalue weighted by molar-refractivity contribution is -0.875. The Bertz CT molecular complexity index is 1110. The molecule has 0 bridgehead atoms. The van der Waals surface area contributed by atoms with Crippen LogP contribution in [-0.4, -0.2) is 49.0 Å². The summed E-state index contributed by atoms with van der Waals surface area (Å²) in [4.78, 5) is 5.61. The fraction of sp³-hybridized carbons (Fsp3) is 0.304. The van der Waals surface area contributed by atoms with Gasteiger partial charge in [0.1, 0.15) is 18.2 Å². The van der Waals surface area contributed by atoms with Gasteiger partial charge in [0.25, 0.3) is 0 Å². The summed E-state index contributed by atoms with van der Waals surface area (Å²) < 4.78 is 12.5. The SMILES string of the molecule is COc1ccc(CC[NH+](C)C/C(O)=C(\C#N)c2nc3ccccc3n2C)cc1OC. The number of nitriles is 1. The Hall–Kier alpha value is -3.50. The number of quaternary nitrogens is 1. The number of nitrogens with zero attached hydrogens (tertiary/aromatic N) is 3. The van der Waals surface area contributed by atoms with Crippen LogP contribution in [-0.2, 0) is 13.5 Å². The number of likely N-dealkylation sites (N-methyl/N-ethyl adjacent to an activating group) is 1. The molecule has 1 aromatic heterocycles. The number of hydrogen-bond donors (Lipinski definition) is 2. The Morgan fingerprint density at radius 3 is 2.57 bits per heavy atom. The smallest absolute Gasteiger partial charge is 0.169 e. The Labute approximate surface area is 176 Å². The number of imidazole rings is 1. The molecule has 3 aromatic rings. The van der Waals surface area contributed by atoms with Crippen molar-refractivity contribution in [1.82, 2.24) is 9.55 Å². The molecule has 0 spiro atoms. The maximum absolute atomic E-state index is 10.7. The van der Waals surface area contributed by atoms with Crippen LogP contribution in [0.2, 0.25) is 0 Å². The highest BCUT2D eigenvalue weighted by Crippen LogP contribution is 2.27. The molecule has 7 heteroatoms. The van der Waals surface area contributed by atoms with Crippen molar-refractivity contribution in [3.8, 4) is 17.6 Å². The number of ether oxygens (including phenoxy) is 2. The molecule has 0 radical (unpaired) electrons. The van der Waals surface area contributed by atoms with E-state index in [-0.39, 0.29) is 11.3 Å². The topological polar surface area (TPSA) is 84.7 Å². The van der Waals surface area contributed by atoms with Crippen molar-refractivity contribution in [1.29, 1.82) is 5.26 Å². The zero-order chi connectivity index (χ0) is 21.7. The minimum Gasteiger partial charge on any atom is -0.506 e. The van der Waals surface area contributed by atoms with Gasteiger partial charge in [-0.2, -0.15) is 5.26 Å². The number of hydrogen-bond acceptors (Lipinski definition) is 5. The number of aliphatic hydroxyl groups excluding tert-OH is 1. The number of para-hydroxylation sites is 2. The largest absolute Gasteiger partial charge is 0.506 e. The second kappa shape index (κ2) is 9.33. The minimum atomic E-state index is 0.0423. The molecule has 1 unspecified atom stereocenters. The lowest BCUT2D eigenvalue weighted by atomic mass is 10.1. The van der Waals surface area contributed by atoms with E-state index in [1.807, 2.05) is 61.1 Å². The molecule has 0 aliphatic carbocycles. The second-order valence-corrected chi connectivity index (χ2v) is 7.24. The number of aromatic nitrogens is 2. The number of nitrogens with one attached hydrogen (secondary N) is 1. The number of methoxy groups -OCH3 is 2. The maximum Gasteiger partial charge on any atom is 0.169 e. The van der Waals surface area contributed by atoms with Gasteiger partial charge in [0, 0.05) is 13.5 Å². The monoisotopic (exact) mass is 407 g/mol. The first-order valence-electron chi connectivity index (χ1n) is 9.74. The van der Waals surface area contributed by atoms with Crippen LogP contribution in [0.4, 0.5) is 0 Å². The van der Waals surface area contributed by atoms with E-state index in [2.05, 4.69) is 11.1 Å². The molecular weight excluding hydrogens is 380 g/mol. The lowest BCUT2D eigenvalue weighted by Gasteiger charge is -2.15. The van der Waals surface area contributed by atoms with E-state index in [4.69, 9.17) is 9.47 Å². The molecule has 2 aromatic carbocycles. The van der Waals surface area contributed by atoms with E-state index in [9.17, 15) is 10.4 Å². The van der Waals surface area contributed by atoms with Crippen molar-refractivity contribution in [2.45, 2.75) is 6.42 Å². The Morgan fingerprint density at radius 1 is 1.17 bits per heavy atom. The zero-order valence-electron chi connectivity index (χ0n) is 17.8. The summed E-state index contributed by atoms with van der Waals surface area (Å²) in [6, 6.07) is 15.7. The number of fused-ring (bicyclic) bond motifs is 1. The fourth-order valence-electron chi connectivity index (χ4n) is 3.47. The lowest BCUT2D eigenvalue weighted by Crippen LogP contribution is -3.09. The summed E-state index contributed by atoms with van der Waals surface area (Å²) in [7, 11) is 7.07. The van der Waals surface area contributed by atoms with Crippen molar-refractivity contribution in [3.63, 3.8) is 0 Å². The van der Waals surface area contributed by atoms with Gasteiger partial charge in [-0.3, -0.25) is 0 Å². The normalized spacial score (nSPS) is 12.9. The standard InChI is InChI=1S/C23H26N4O3/c1-26(12-11-16-9-10-21(29-3)22(13-16)30-4)15-20(28)17(14-24)23-25-18-7-5-6-8-19(18)27(23)2/h5-10,13,28H,11-12,15H2,1-4H3/p+1/b20-17-. The summed E-state index contributed by atoms with van der Waals surface area (Å²) in [6.07, 6.45) is 0.799. The van der Waals surface area contributed by atoms with Gasteiger partial charge in [0.2, 0.25) is 0 Å². The van der Waals surface area contributed by atoms with E-state index in [1.165, 1.54) is 0 Å². The van der Waals surface area contributed by atoms with Crippen molar-refractivity contribution < 1.29 is 19.5 Å². The number of benzene rings is 2. The number of aryl methyl sites for hydroxylation is 1. The van der Waals surface area contributed by atoms with Gasteiger partial charge in [0.05, 0.1) is 38.8 Å². The first-order valence-corrected chi connectivity index (χ1v) is 9.74. The fourth-order valence-corrected chi connectivity index (χ4v) is 3.47. The molecule has 0 amide bonds. The van der Waals surface area contributed by atoms with Crippen LogP contribution in [0.15, 0.2) is 48.2 Å². The van der Waals surface area contributed by atoms with Gasteiger partial charge >= 0.3 is 0 Å². The molecule has 30 heavy (non-hydrogen) atoms. The van der Waals surface area contributed by atoms with E-state index < -0.39 is 0 Å². The molecule has 0 aliphatic heterocycles. The molecule has 7 nitrogen and oxygen atoms in total. The van der Waals surface area contributed by atoms with Crippen LogP contribution in [0.25, 0.3) is 16.6 Å². The summed E-state index contributed by atoms with van der Waals surface area (Å²) in [5.74, 6) is 1.91. The molecule has 1 atom stereocenters. The van der Waals surface area contributed by atoms with Crippen molar-refractivity contribution in [2.75, 3.05) is 34.4 Å². The van der Waals surface area contributed by atoms with E-state index in [1.54, 1.807) is 14.2 Å². The summed E-state index contributed by atoms with van der Waals surface area (Å²) in [6.45, 7) is 1.11. The highest BCUT2D eigenvalue weighted by molar-refractivity contribution is 5.83. The van der Waals surface area contributed by atoms with Crippen molar-refractivity contribution in [2.24, 2.45) is 7.05 Å². The highest BCUT2D eigenvalue weighted by Gasteiger charge is 2.19. The average Bonchev–Trinajstić information content (AvgIpc) is 3.09. The first-order chi connectivity index (χ1) is 14.5. The van der Waals surface area contributed by atoms with Crippen LogP contribution in [0.3, 0.4) is 0 Å². The van der Waals surface area contributed by atoms with Gasteiger partial charge in [0.15, 0.2) is 23.1 Å². The summed E-state index contributed by atoms with van der Waals surface area (Å²) >= 11 is 0. The van der Waals surface area contributed by atoms with E-state index >= 15 is 0 Å². The minimum absolute atomic E-state index is 0.0423. The van der Waals surface area contributed by atoms with Gasteiger partial charge in [-0.1, -0.05) is 18.2 Å². The van der Waals surface area contributed by atoms with E-state index in [0.29, 0.717) is 23.9 Å². The summed E-state index contributed by atoms with van der Waals surface area (Å²) in [5.41, 5.74) is 3.04. The Kier molecular flexibility index (Phi) is 6.60. The third-order valence-electron chi connectivity index (χ3n) is 5.17. The highest BCUT2D eigenvalue weighted by atomic mass is 16.5. The maximum atomic E-state index is 10.7. The molecule has 3 rings (SSSR count). The Balaban J connectivity index is 1.73. The van der Waals surface area contributed by atoms with Gasteiger partial charge in [-0.15, -0.1) is 0 Å². The van der Waals surface area contributed by atoms with Crippen molar-refractivity contribution >= 4 is 16.6 Å². The molecule has 156 valence electrons. The molecule has 1 heterocycles. The van der Waals surface area contributed by atoms with Crippen LogP contribution in [0.5, 0.6) is 11.5 Å². The first kappa shape index (κ1) is 21.2. The molecule has 0 aliphatic rings. The Morgan fingerprint density at radius 2 is 1.90 bits per heavy atom. The van der Waals surface area contributed by atoms with Crippen LogP contribution in [0, 0.1) is 11.3 Å². The molecule has 0 saturated heterocycles. The van der Waals surface area contributed by atoms with Gasteiger partial charge in [-0.05, 0) is 29.8 Å². The zero-order valence-corrected chi connectivity index (χ0v) is 17.8. The molecular formula is C23H27N4O3+. The molecule has 0 fully saturated rings. The van der Waals surface area contributed by atoms with E-state index in [0.717, 1.165) is 34.5 Å². The summed E-state index contributed by atoms with van der Waals surface area (Å²) in [5, 5.41) is 20.3. The third kappa shape index (κ3) is 4.39. The predicted octanol–water partition coefficient (Wildman–Crippen LogP) is 2.14. The van der Waals surface area contributed by atoms with Gasteiger partial charge in [-0.25, -0.2) is 4.98 Å². The van der Waals surface area contributed by atoms with Crippen LogP contribution < -0.4 is 14.4 Å². The quantitative estimate of drug-likeness (QED) is 0.442. The molecule has 0 saturated carbocycles. The molecule has 2 N–H and O–H groups in total. The average molecular weight is 407 g/mol. The second-order valence-electron chi connectivity index (χ2n) is 7.24. The van der Waals surface area contributed by atoms with Gasteiger partial charge < -0.3 is 24.0 Å². The number of rotatable bonds is 8. The number of aliphatic hydroxyl groups is 1. The van der Waals surface area contributed by atoms with Crippen molar-refractivity contribution in [3.05, 3.63) is 59.6 Å². The van der Waals surface area contributed by atoms with Crippen LogP contribution >= 0.6 is 0 Å². The predicted molar refractivity (Wildman–Crippen MR) is 116 cm³/mol. The number of allylic oxidation sites excluding steroid dienone is 1.